The van der Waals surface area contributed by atoms with E-state index in [4.69, 9.17) is 0 Å². The fourth-order valence-electron chi connectivity index (χ4n) is 3.11. The summed E-state index contributed by atoms with van der Waals surface area (Å²) in [7, 11) is 0. The molecule has 0 N–H and O–H groups in total. The van der Waals surface area contributed by atoms with E-state index in [1.807, 2.05) is 18.0 Å². The van der Waals surface area contributed by atoms with Crippen molar-refractivity contribution in [2.75, 3.05) is 18.0 Å². The van der Waals surface area contributed by atoms with Crippen LogP contribution in [0.1, 0.15) is 52.5 Å². The molecule has 4 nitrogen and oxygen atoms in total. The number of amides is 1. The largest absolute Gasteiger partial charge is 0.353 e. The molecule has 2 atom stereocenters. The topological polar surface area (TPSA) is 36.4 Å². The van der Waals surface area contributed by atoms with Crippen molar-refractivity contribution >= 4 is 11.7 Å². The van der Waals surface area contributed by atoms with Gasteiger partial charge >= 0.3 is 0 Å². The smallest absolute Gasteiger partial charge is 0.222 e. The van der Waals surface area contributed by atoms with Crippen molar-refractivity contribution in [3.63, 3.8) is 0 Å². The van der Waals surface area contributed by atoms with E-state index in [2.05, 4.69) is 49.7 Å². The molecule has 1 aromatic rings. The monoisotopic (exact) mass is 289 g/mol. The summed E-state index contributed by atoms with van der Waals surface area (Å²) in [5.41, 5.74) is 1.26. The molecule has 1 aliphatic rings. The summed E-state index contributed by atoms with van der Waals surface area (Å²) in [6.45, 7) is 12.2. The maximum atomic E-state index is 12.0. The van der Waals surface area contributed by atoms with Crippen LogP contribution in [0, 0.1) is 0 Å². The average Bonchev–Trinajstić information content (AvgIpc) is 2.46. The zero-order valence-corrected chi connectivity index (χ0v) is 13.8. The molecule has 0 spiro atoms. The first-order chi connectivity index (χ1) is 9.93. The Bertz CT molecular complexity index is 471. The molecule has 1 saturated heterocycles. The van der Waals surface area contributed by atoms with Crippen LogP contribution in [0.2, 0.25) is 0 Å². The van der Waals surface area contributed by atoms with Gasteiger partial charge in [0.25, 0.3) is 0 Å². The van der Waals surface area contributed by atoms with Gasteiger partial charge in [0, 0.05) is 37.8 Å². The number of hydrogen-bond acceptors (Lipinski definition) is 3. The molecule has 116 valence electrons. The summed E-state index contributed by atoms with van der Waals surface area (Å²) in [5, 5.41) is 0. The molecule has 0 unspecified atom stereocenters. The van der Waals surface area contributed by atoms with Crippen LogP contribution in [-0.2, 0) is 4.79 Å². The fourth-order valence-corrected chi connectivity index (χ4v) is 3.11. The van der Waals surface area contributed by atoms with Crippen molar-refractivity contribution in [3.8, 4) is 0 Å². The number of carbonyl (C=O) groups is 1. The number of carbonyl (C=O) groups excluding carboxylic acids is 1. The number of pyridine rings is 1. The van der Waals surface area contributed by atoms with E-state index in [-0.39, 0.29) is 18.0 Å². The Hall–Kier alpha value is -1.58. The third-order valence-electron chi connectivity index (χ3n) is 4.27. The van der Waals surface area contributed by atoms with E-state index >= 15 is 0 Å². The first-order valence-corrected chi connectivity index (χ1v) is 7.96. The lowest BCUT2D eigenvalue weighted by atomic mass is 10.1. The van der Waals surface area contributed by atoms with Crippen molar-refractivity contribution in [2.45, 2.75) is 59.0 Å². The zero-order chi connectivity index (χ0) is 15.6. The van der Waals surface area contributed by atoms with Gasteiger partial charge in [0.05, 0.1) is 0 Å². The number of piperazine rings is 1. The Labute approximate surface area is 128 Å². The molecule has 1 aliphatic heterocycles. The third-order valence-corrected chi connectivity index (χ3v) is 4.27. The van der Waals surface area contributed by atoms with Crippen molar-refractivity contribution in [3.05, 3.63) is 23.9 Å². The molecule has 0 bridgehead atoms. The maximum Gasteiger partial charge on any atom is 0.222 e. The molecule has 0 saturated carbocycles. The molecule has 21 heavy (non-hydrogen) atoms. The van der Waals surface area contributed by atoms with Crippen LogP contribution >= 0.6 is 0 Å². The van der Waals surface area contributed by atoms with Gasteiger partial charge < -0.3 is 9.80 Å². The Balaban J connectivity index is 2.11. The zero-order valence-electron chi connectivity index (χ0n) is 13.8. The second-order valence-electron chi connectivity index (χ2n) is 6.36. The molecule has 2 heterocycles. The standard InChI is InChI=1S/C17H27N3O/c1-6-17(21)20-13(4)10-19(11-14(20)5)16-8-7-15(9-18-16)12(2)3/h7-9,12-14H,6,10-11H2,1-5H3/t13-,14+. The van der Waals surface area contributed by atoms with Gasteiger partial charge in [-0.1, -0.05) is 26.8 Å². The highest BCUT2D eigenvalue weighted by atomic mass is 16.2. The SMILES string of the molecule is CCC(=O)N1[C@H](C)CN(c2ccc(C(C)C)cn2)C[C@@H]1C. The molecule has 1 fully saturated rings. The molecule has 1 aromatic heterocycles. The van der Waals surface area contributed by atoms with E-state index in [1.54, 1.807) is 0 Å². The fraction of sp³-hybridized carbons (Fsp3) is 0.647. The normalized spacial score (nSPS) is 22.8. The first-order valence-electron chi connectivity index (χ1n) is 7.96. The highest BCUT2D eigenvalue weighted by molar-refractivity contribution is 5.77. The summed E-state index contributed by atoms with van der Waals surface area (Å²) < 4.78 is 0. The summed E-state index contributed by atoms with van der Waals surface area (Å²) in [6, 6.07) is 4.72. The number of rotatable bonds is 3. The summed E-state index contributed by atoms with van der Waals surface area (Å²) in [5.74, 6) is 1.77. The maximum absolute atomic E-state index is 12.0. The molecule has 0 aliphatic carbocycles. The van der Waals surface area contributed by atoms with Gasteiger partial charge in [0.1, 0.15) is 5.82 Å². The van der Waals surface area contributed by atoms with Crippen LogP contribution < -0.4 is 4.90 Å². The minimum Gasteiger partial charge on any atom is -0.353 e. The van der Waals surface area contributed by atoms with Gasteiger partial charge in [-0.15, -0.1) is 0 Å². The predicted molar refractivity (Wildman–Crippen MR) is 86.6 cm³/mol. The van der Waals surface area contributed by atoms with Crippen LogP contribution in [0.3, 0.4) is 0 Å². The molecule has 1 amide bonds. The Morgan fingerprint density at radius 1 is 1.29 bits per heavy atom. The Morgan fingerprint density at radius 2 is 1.90 bits per heavy atom. The predicted octanol–water partition coefficient (Wildman–Crippen LogP) is 3.04. The van der Waals surface area contributed by atoms with Crippen LogP contribution in [0.25, 0.3) is 0 Å². The minimum atomic E-state index is 0.229. The lowest BCUT2D eigenvalue weighted by Crippen LogP contribution is -2.58. The van der Waals surface area contributed by atoms with Crippen LogP contribution in [0.5, 0.6) is 0 Å². The van der Waals surface area contributed by atoms with Gasteiger partial charge in [-0.2, -0.15) is 0 Å². The molecular weight excluding hydrogens is 262 g/mol. The van der Waals surface area contributed by atoms with E-state index < -0.39 is 0 Å². The number of anilines is 1. The molecular formula is C17H27N3O. The van der Waals surface area contributed by atoms with Gasteiger partial charge in [-0.3, -0.25) is 4.79 Å². The lowest BCUT2D eigenvalue weighted by molar-refractivity contribution is -0.135. The Morgan fingerprint density at radius 3 is 2.33 bits per heavy atom. The number of nitrogens with zero attached hydrogens (tertiary/aromatic N) is 3. The van der Waals surface area contributed by atoms with E-state index in [9.17, 15) is 4.79 Å². The van der Waals surface area contributed by atoms with Crippen LogP contribution in [-0.4, -0.2) is 41.0 Å². The van der Waals surface area contributed by atoms with Crippen molar-refractivity contribution in [1.82, 2.24) is 9.88 Å². The van der Waals surface area contributed by atoms with Crippen LogP contribution in [0.4, 0.5) is 5.82 Å². The molecule has 4 heteroatoms. The second-order valence-corrected chi connectivity index (χ2v) is 6.36. The lowest BCUT2D eigenvalue weighted by Gasteiger charge is -2.45. The number of hydrogen-bond donors (Lipinski definition) is 0. The van der Waals surface area contributed by atoms with E-state index in [0.29, 0.717) is 12.3 Å². The van der Waals surface area contributed by atoms with Crippen molar-refractivity contribution in [1.29, 1.82) is 0 Å². The minimum absolute atomic E-state index is 0.229. The van der Waals surface area contributed by atoms with Crippen LogP contribution in [0.15, 0.2) is 18.3 Å². The quantitative estimate of drug-likeness (QED) is 0.858. The van der Waals surface area contributed by atoms with E-state index in [0.717, 1.165) is 18.9 Å². The highest BCUT2D eigenvalue weighted by Crippen LogP contribution is 2.23. The van der Waals surface area contributed by atoms with Crippen molar-refractivity contribution in [2.24, 2.45) is 0 Å². The third kappa shape index (κ3) is 3.36. The second kappa shape index (κ2) is 6.46. The van der Waals surface area contributed by atoms with Gasteiger partial charge in [0.15, 0.2) is 0 Å². The number of aromatic nitrogens is 1. The van der Waals surface area contributed by atoms with Gasteiger partial charge in [0.2, 0.25) is 5.91 Å². The summed E-state index contributed by atoms with van der Waals surface area (Å²) in [6.07, 6.45) is 2.55. The van der Waals surface area contributed by atoms with Gasteiger partial charge in [-0.25, -0.2) is 4.98 Å². The van der Waals surface area contributed by atoms with Crippen molar-refractivity contribution < 1.29 is 4.79 Å². The summed E-state index contributed by atoms with van der Waals surface area (Å²) in [4.78, 5) is 21.0. The summed E-state index contributed by atoms with van der Waals surface area (Å²) >= 11 is 0. The van der Waals surface area contributed by atoms with Gasteiger partial charge in [-0.05, 0) is 31.4 Å². The molecule has 0 aromatic carbocycles. The van der Waals surface area contributed by atoms with E-state index in [1.165, 1.54) is 5.56 Å². The average molecular weight is 289 g/mol. The Kier molecular flexibility index (Phi) is 4.86. The highest BCUT2D eigenvalue weighted by Gasteiger charge is 2.32. The molecule has 2 rings (SSSR count). The molecule has 0 radical (unpaired) electrons. The first kappa shape index (κ1) is 15.8.